The van der Waals surface area contributed by atoms with Gasteiger partial charge >= 0.3 is 0 Å². The van der Waals surface area contributed by atoms with Crippen molar-refractivity contribution in [2.45, 2.75) is 39.3 Å². The number of benzene rings is 1. The summed E-state index contributed by atoms with van der Waals surface area (Å²) >= 11 is 6.67. The van der Waals surface area contributed by atoms with Crippen LogP contribution in [0, 0.1) is 0 Å². The van der Waals surface area contributed by atoms with E-state index >= 15 is 0 Å². The summed E-state index contributed by atoms with van der Waals surface area (Å²) in [7, 11) is 0. The number of amides is 1. The summed E-state index contributed by atoms with van der Waals surface area (Å²) < 4.78 is 6.33. The molecule has 2 aliphatic heterocycles. The van der Waals surface area contributed by atoms with Crippen molar-refractivity contribution in [2.24, 2.45) is 0 Å². The van der Waals surface area contributed by atoms with Crippen molar-refractivity contribution in [3.05, 3.63) is 34.2 Å². The molecule has 0 radical (unpaired) electrons. The van der Waals surface area contributed by atoms with Crippen molar-refractivity contribution in [1.82, 2.24) is 4.90 Å². The molecule has 21 heavy (non-hydrogen) atoms. The lowest BCUT2D eigenvalue weighted by atomic mass is 10.1. The van der Waals surface area contributed by atoms with Crippen molar-refractivity contribution in [3.8, 4) is 5.75 Å². The summed E-state index contributed by atoms with van der Waals surface area (Å²) in [5, 5.41) is 0. The van der Waals surface area contributed by atoms with E-state index < -0.39 is 0 Å². The van der Waals surface area contributed by atoms with Gasteiger partial charge in [0.15, 0.2) is 0 Å². The molecule has 0 spiro atoms. The second-order valence-corrected chi connectivity index (χ2v) is 7.32. The van der Waals surface area contributed by atoms with Gasteiger partial charge in [0.2, 0.25) is 0 Å². The number of thioether (sulfide) groups is 1. The topological polar surface area (TPSA) is 29.5 Å². The fourth-order valence-corrected chi connectivity index (χ4v) is 4.13. The number of ether oxygens (including phenoxy) is 1. The maximum atomic E-state index is 12.4. The van der Waals surface area contributed by atoms with Gasteiger partial charge in [-0.05, 0) is 50.1 Å². The maximum Gasteiger partial charge on any atom is 0.266 e. The van der Waals surface area contributed by atoms with E-state index in [9.17, 15) is 4.79 Å². The Morgan fingerprint density at radius 2 is 2.24 bits per heavy atom. The standard InChI is InChI=1S/C16H17NO2S2/c1-9(2)17-15(18)14(21-16(17)20)8-11-4-5-13-12(7-11)6-10(3)19-13/h4-5,7-10H,6H2,1-3H3. The van der Waals surface area contributed by atoms with E-state index in [1.807, 2.05) is 32.1 Å². The Balaban J connectivity index is 1.88. The lowest BCUT2D eigenvalue weighted by molar-refractivity contribution is -0.123. The Labute approximate surface area is 134 Å². The third-order valence-electron chi connectivity index (χ3n) is 3.56. The Morgan fingerprint density at radius 3 is 2.90 bits per heavy atom. The van der Waals surface area contributed by atoms with Crippen LogP contribution in [0.15, 0.2) is 23.1 Å². The average molecular weight is 319 g/mol. The normalized spacial score (nSPS) is 23.1. The summed E-state index contributed by atoms with van der Waals surface area (Å²) in [5.74, 6) is 0.958. The second-order valence-electron chi connectivity index (χ2n) is 5.65. The van der Waals surface area contributed by atoms with Crippen LogP contribution >= 0.6 is 24.0 Å². The molecule has 0 saturated carbocycles. The number of carbonyl (C=O) groups excluding carboxylic acids is 1. The third kappa shape index (κ3) is 2.72. The van der Waals surface area contributed by atoms with Crippen LogP contribution in [0.4, 0.5) is 0 Å². The molecule has 3 nitrogen and oxygen atoms in total. The van der Waals surface area contributed by atoms with Gasteiger partial charge in [-0.3, -0.25) is 9.69 Å². The van der Waals surface area contributed by atoms with Crippen LogP contribution in [0.3, 0.4) is 0 Å². The van der Waals surface area contributed by atoms with Gasteiger partial charge in [0.1, 0.15) is 16.2 Å². The van der Waals surface area contributed by atoms with Gasteiger partial charge < -0.3 is 4.74 Å². The summed E-state index contributed by atoms with van der Waals surface area (Å²) in [6, 6.07) is 6.16. The highest BCUT2D eigenvalue weighted by molar-refractivity contribution is 8.26. The molecule has 0 aromatic heterocycles. The molecular formula is C16H17NO2S2. The lowest BCUT2D eigenvalue weighted by Crippen LogP contribution is -2.34. The summed E-state index contributed by atoms with van der Waals surface area (Å²) in [5.41, 5.74) is 2.23. The Morgan fingerprint density at radius 1 is 1.48 bits per heavy atom. The molecule has 1 saturated heterocycles. The van der Waals surface area contributed by atoms with Crippen LogP contribution in [-0.2, 0) is 11.2 Å². The SMILES string of the molecule is CC1Cc2cc(C=C3SC(=S)N(C(C)C)C3=O)ccc2O1. The highest BCUT2D eigenvalue weighted by atomic mass is 32.2. The quantitative estimate of drug-likeness (QED) is 0.615. The van der Waals surface area contributed by atoms with Gasteiger partial charge in [-0.1, -0.05) is 30.0 Å². The number of hydrogen-bond donors (Lipinski definition) is 0. The second kappa shape index (κ2) is 5.46. The van der Waals surface area contributed by atoms with Gasteiger partial charge in [-0.25, -0.2) is 0 Å². The molecule has 1 aromatic carbocycles. The van der Waals surface area contributed by atoms with Crippen LogP contribution in [0.1, 0.15) is 31.9 Å². The van der Waals surface area contributed by atoms with E-state index in [4.69, 9.17) is 17.0 Å². The van der Waals surface area contributed by atoms with E-state index in [0.717, 1.165) is 17.7 Å². The molecule has 1 atom stereocenters. The molecule has 0 aliphatic carbocycles. The van der Waals surface area contributed by atoms with Crippen LogP contribution < -0.4 is 4.74 Å². The van der Waals surface area contributed by atoms with Crippen LogP contribution in [0.2, 0.25) is 0 Å². The number of hydrogen-bond acceptors (Lipinski definition) is 4. The molecule has 1 amide bonds. The molecular weight excluding hydrogens is 302 g/mol. The van der Waals surface area contributed by atoms with Gasteiger partial charge in [0.05, 0.1) is 4.91 Å². The highest BCUT2D eigenvalue weighted by Gasteiger charge is 2.33. The maximum absolute atomic E-state index is 12.4. The Kier molecular flexibility index (Phi) is 3.80. The van der Waals surface area contributed by atoms with Crippen LogP contribution in [0.5, 0.6) is 5.75 Å². The lowest BCUT2D eigenvalue weighted by Gasteiger charge is -2.18. The predicted molar refractivity (Wildman–Crippen MR) is 90.4 cm³/mol. The smallest absolute Gasteiger partial charge is 0.266 e. The van der Waals surface area contributed by atoms with E-state index in [1.54, 1.807) is 4.90 Å². The van der Waals surface area contributed by atoms with E-state index in [1.165, 1.54) is 17.3 Å². The minimum absolute atomic E-state index is 0.00474. The minimum Gasteiger partial charge on any atom is -0.490 e. The first-order valence-electron chi connectivity index (χ1n) is 7.02. The molecule has 0 N–H and O–H groups in total. The number of carbonyl (C=O) groups is 1. The van der Waals surface area contributed by atoms with Crippen LogP contribution in [-0.4, -0.2) is 27.3 Å². The molecule has 110 valence electrons. The summed E-state index contributed by atoms with van der Waals surface area (Å²) in [6.07, 6.45) is 3.07. The number of thiocarbonyl (C=S) groups is 1. The molecule has 2 aliphatic rings. The fraction of sp³-hybridized carbons (Fsp3) is 0.375. The predicted octanol–water partition coefficient (Wildman–Crippen LogP) is 3.62. The average Bonchev–Trinajstić information content (AvgIpc) is 2.88. The van der Waals surface area contributed by atoms with Crippen molar-refractivity contribution >= 4 is 40.3 Å². The molecule has 1 aromatic rings. The molecule has 2 heterocycles. The summed E-state index contributed by atoms with van der Waals surface area (Å²) in [6.45, 7) is 6.01. The van der Waals surface area contributed by atoms with E-state index in [0.29, 0.717) is 9.23 Å². The Hall–Kier alpha value is -1.33. The zero-order valence-electron chi connectivity index (χ0n) is 12.3. The number of fused-ring (bicyclic) bond motifs is 1. The zero-order chi connectivity index (χ0) is 15.1. The first kappa shape index (κ1) is 14.6. The first-order chi connectivity index (χ1) is 9.95. The number of rotatable bonds is 2. The van der Waals surface area contributed by atoms with Crippen molar-refractivity contribution in [3.63, 3.8) is 0 Å². The molecule has 1 fully saturated rings. The van der Waals surface area contributed by atoms with Gasteiger partial charge in [-0.2, -0.15) is 0 Å². The fourth-order valence-electron chi connectivity index (χ4n) is 2.61. The molecule has 5 heteroatoms. The number of nitrogens with zero attached hydrogens (tertiary/aromatic N) is 1. The first-order valence-corrected chi connectivity index (χ1v) is 8.25. The van der Waals surface area contributed by atoms with Crippen molar-refractivity contribution < 1.29 is 9.53 Å². The minimum atomic E-state index is 0.00474. The van der Waals surface area contributed by atoms with Gasteiger partial charge in [0.25, 0.3) is 5.91 Å². The molecule has 1 unspecified atom stereocenters. The van der Waals surface area contributed by atoms with Gasteiger partial charge in [-0.15, -0.1) is 0 Å². The van der Waals surface area contributed by atoms with Gasteiger partial charge in [0, 0.05) is 12.5 Å². The van der Waals surface area contributed by atoms with E-state index in [2.05, 4.69) is 13.0 Å². The largest absolute Gasteiger partial charge is 0.490 e. The zero-order valence-corrected chi connectivity index (χ0v) is 13.9. The third-order valence-corrected chi connectivity index (χ3v) is 4.89. The van der Waals surface area contributed by atoms with Crippen molar-refractivity contribution in [2.75, 3.05) is 0 Å². The van der Waals surface area contributed by atoms with Crippen LogP contribution in [0.25, 0.3) is 6.08 Å². The Bertz CT molecular complexity index is 652. The molecule has 0 bridgehead atoms. The molecule has 3 rings (SSSR count). The van der Waals surface area contributed by atoms with E-state index in [-0.39, 0.29) is 18.1 Å². The summed E-state index contributed by atoms with van der Waals surface area (Å²) in [4.78, 5) is 14.7. The van der Waals surface area contributed by atoms with Crippen molar-refractivity contribution in [1.29, 1.82) is 0 Å². The monoisotopic (exact) mass is 319 g/mol. The highest BCUT2D eigenvalue weighted by Crippen LogP contribution is 2.35.